The summed E-state index contributed by atoms with van der Waals surface area (Å²) in [6.45, 7) is 3.13. The first-order chi connectivity index (χ1) is 9.62. The van der Waals surface area contributed by atoms with E-state index < -0.39 is 10.0 Å². The molecule has 1 aliphatic heterocycles. The molecule has 112 valence electrons. The van der Waals surface area contributed by atoms with E-state index in [9.17, 15) is 8.42 Å². The lowest BCUT2D eigenvalue weighted by molar-refractivity contribution is 0.584. The molecule has 4 nitrogen and oxygen atoms in total. The fraction of sp³-hybridized carbons (Fsp3) is 0.571. The van der Waals surface area contributed by atoms with E-state index in [0.717, 1.165) is 12.2 Å². The summed E-state index contributed by atoms with van der Waals surface area (Å²) in [6.07, 6.45) is 3.92. The summed E-state index contributed by atoms with van der Waals surface area (Å²) in [5.41, 5.74) is 0.978. The second-order valence-electron chi connectivity index (χ2n) is 4.90. The van der Waals surface area contributed by atoms with Crippen LogP contribution in [-0.4, -0.2) is 32.5 Å². The lowest BCUT2D eigenvalue weighted by Gasteiger charge is -2.22. The summed E-state index contributed by atoms with van der Waals surface area (Å²) in [5, 5.41) is 4.06. The number of rotatable bonds is 6. The molecule has 0 aromatic heterocycles. The SMILES string of the molecule is CCNS(=O)(=O)c1ccc(NCC2CCCCS2)cc1. The molecule has 1 aromatic carbocycles. The van der Waals surface area contributed by atoms with Gasteiger partial charge in [-0.05, 0) is 42.9 Å². The summed E-state index contributed by atoms with van der Waals surface area (Å²) >= 11 is 2.03. The molecule has 1 heterocycles. The van der Waals surface area contributed by atoms with Crippen molar-refractivity contribution in [3.63, 3.8) is 0 Å². The van der Waals surface area contributed by atoms with Gasteiger partial charge in [-0.1, -0.05) is 13.3 Å². The molecule has 0 radical (unpaired) electrons. The van der Waals surface area contributed by atoms with Gasteiger partial charge < -0.3 is 5.32 Å². The number of anilines is 1. The number of hydrogen-bond acceptors (Lipinski definition) is 4. The molecule has 0 saturated carbocycles. The molecule has 1 fully saturated rings. The van der Waals surface area contributed by atoms with Gasteiger partial charge in [-0.15, -0.1) is 0 Å². The van der Waals surface area contributed by atoms with Gasteiger partial charge in [0.1, 0.15) is 0 Å². The number of sulfonamides is 1. The van der Waals surface area contributed by atoms with Crippen molar-refractivity contribution in [2.45, 2.75) is 36.3 Å². The quantitative estimate of drug-likeness (QED) is 0.847. The van der Waals surface area contributed by atoms with Crippen LogP contribution in [0.5, 0.6) is 0 Å². The first kappa shape index (κ1) is 15.7. The van der Waals surface area contributed by atoms with Gasteiger partial charge in [0.25, 0.3) is 0 Å². The lowest BCUT2D eigenvalue weighted by atomic mass is 10.2. The Morgan fingerprint density at radius 1 is 1.25 bits per heavy atom. The summed E-state index contributed by atoms with van der Waals surface area (Å²) in [5.74, 6) is 1.26. The minimum atomic E-state index is -3.34. The number of thioether (sulfide) groups is 1. The average Bonchev–Trinajstić information content (AvgIpc) is 2.47. The van der Waals surface area contributed by atoms with Crippen molar-refractivity contribution in [2.24, 2.45) is 0 Å². The molecule has 2 rings (SSSR count). The molecular formula is C14H22N2O2S2. The second kappa shape index (κ2) is 7.33. The Morgan fingerprint density at radius 2 is 2.00 bits per heavy atom. The topological polar surface area (TPSA) is 58.2 Å². The number of benzene rings is 1. The van der Waals surface area contributed by atoms with Gasteiger partial charge in [0.15, 0.2) is 0 Å². The first-order valence-electron chi connectivity index (χ1n) is 7.07. The summed E-state index contributed by atoms with van der Waals surface area (Å²) in [6, 6.07) is 6.96. The van der Waals surface area contributed by atoms with E-state index in [-0.39, 0.29) is 0 Å². The first-order valence-corrected chi connectivity index (χ1v) is 9.60. The fourth-order valence-corrected chi connectivity index (χ4v) is 4.51. The highest BCUT2D eigenvalue weighted by Gasteiger charge is 2.14. The molecule has 2 N–H and O–H groups in total. The van der Waals surface area contributed by atoms with Crippen LogP contribution >= 0.6 is 11.8 Å². The molecular weight excluding hydrogens is 292 g/mol. The third kappa shape index (κ3) is 4.40. The normalized spacial score (nSPS) is 19.8. The van der Waals surface area contributed by atoms with E-state index in [1.807, 2.05) is 23.9 Å². The smallest absolute Gasteiger partial charge is 0.240 e. The third-order valence-corrected chi connectivity index (χ3v) is 6.27. The Balaban J connectivity index is 1.91. The monoisotopic (exact) mass is 314 g/mol. The van der Waals surface area contributed by atoms with Crippen molar-refractivity contribution in [1.29, 1.82) is 0 Å². The Hall–Kier alpha value is -0.720. The van der Waals surface area contributed by atoms with E-state index in [4.69, 9.17) is 0 Å². The van der Waals surface area contributed by atoms with Crippen LogP contribution in [0.2, 0.25) is 0 Å². The van der Waals surface area contributed by atoms with Gasteiger partial charge >= 0.3 is 0 Å². The van der Waals surface area contributed by atoms with Crippen LogP contribution in [0.25, 0.3) is 0 Å². The van der Waals surface area contributed by atoms with Crippen LogP contribution in [0.4, 0.5) is 5.69 Å². The van der Waals surface area contributed by atoms with Gasteiger partial charge in [-0.25, -0.2) is 13.1 Å². The van der Waals surface area contributed by atoms with Crippen LogP contribution in [0.15, 0.2) is 29.2 Å². The summed E-state index contributed by atoms with van der Waals surface area (Å²) in [7, 11) is -3.34. The van der Waals surface area contributed by atoms with Crippen molar-refractivity contribution in [3.05, 3.63) is 24.3 Å². The van der Waals surface area contributed by atoms with Crippen molar-refractivity contribution >= 4 is 27.5 Å². The average molecular weight is 314 g/mol. The van der Waals surface area contributed by atoms with Crippen LogP contribution < -0.4 is 10.0 Å². The third-order valence-electron chi connectivity index (χ3n) is 3.31. The van der Waals surface area contributed by atoms with Crippen LogP contribution in [0.1, 0.15) is 26.2 Å². The molecule has 1 aliphatic rings. The summed E-state index contributed by atoms with van der Waals surface area (Å²) < 4.78 is 26.1. The molecule has 0 amide bonds. The zero-order valence-corrected chi connectivity index (χ0v) is 13.4. The Kier molecular flexibility index (Phi) is 5.74. The van der Waals surface area contributed by atoms with Gasteiger partial charge in [0.05, 0.1) is 4.90 Å². The van der Waals surface area contributed by atoms with Crippen molar-refractivity contribution < 1.29 is 8.42 Å². The highest BCUT2D eigenvalue weighted by Crippen LogP contribution is 2.25. The predicted molar refractivity (Wildman–Crippen MR) is 85.9 cm³/mol. The van der Waals surface area contributed by atoms with E-state index in [2.05, 4.69) is 10.0 Å². The maximum Gasteiger partial charge on any atom is 0.240 e. The standard InChI is InChI=1S/C14H22N2O2S2/c1-2-16-20(17,18)14-8-6-12(7-9-14)15-11-13-5-3-4-10-19-13/h6-9,13,15-16H,2-5,10-11H2,1H3. The zero-order chi connectivity index (χ0) is 14.4. The Morgan fingerprint density at radius 3 is 2.60 bits per heavy atom. The highest BCUT2D eigenvalue weighted by atomic mass is 32.2. The van der Waals surface area contributed by atoms with Gasteiger partial charge in [-0.2, -0.15) is 11.8 Å². The molecule has 0 aliphatic carbocycles. The van der Waals surface area contributed by atoms with Crippen LogP contribution in [0, 0.1) is 0 Å². The van der Waals surface area contributed by atoms with Gasteiger partial charge in [0.2, 0.25) is 10.0 Å². The Labute approximate surface area is 125 Å². The molecule has 1 unspecified atom stereocenters. The number of hydrogen-bond donors (Lipinski definition) is 2. The van der Waals surface area contributed by atoms with Crippen molar-refractivity contribution in [3.8, 4) is 0 Å². The molecule has 20 heavy (non-hydrogen) atoms. The zero-order valence-electron chi connectivity index (χ0n) is 11.8. The minimum Gasteiger partial charge on any atom is -0.384 e. The molecule has 1 atom stereocenters. The largest absolute Gasteiger partial charge is 0.384 e. The second-order valence-corrected chi connectivity index (χ2v) is 8.07. The van der Waals surface area contributed by atoms with Crippen molar-refractivity contribution in [1.82, 2.24) is 4.72 Å². The van der Waals surface area contributed by atoms with Gasteiger partial charge in [-0.3, -0.25) is 0 Å². The molecule has 0 spiro atoms. The van der Waals surface area contributed by atoms with E-state index in [0.29, 0.717) is 16.7 Å². The molecule has 6 heteroatoms. The summed E-state index contributed by atoms with van der Waals surface area (Å²) in [4.78, 5) is 0.317. The molecule has 0 bridgehead atoms. The van der Waals surface area contributed by atoms with Crippen LogP contribution in [-0.2, 0) is 10.0 Å². The lowest BCUT2D eigenvalue weighted by Crippen LogP contribution is -2.23. The number of nitrogens with one attached hydrogen (secondary N) is 2. The Bertz CT molecular complexity index is 508. The maximum atomic E-state index is 11.8. The fourth-order valence-electron chi connectivity index (χ4n) is 2.23. The molecule has 1 saturated heterocycles. The van der Waals surface area contributed by atoms with E-state index in [1.54, 1.807) is 19.1 Å². The van der Waals surface area contributed by atoms with Crippen molar-refractivity contribution in [2.75, 3.05) is 24.2 Å². The van der Waals surface area contributed by atoms with E-state index >= 15 is 0 Å². The van der Waals surface area contributed by atoms with Gasteiger partial charge in [0, 0.05) is 24.0 Å². The molecule has 1 aromatic rings. The van der Waals surface area contributed by atoms with Crippen LogP contribution in [0.3, 0.4) is 0 Å². The highest BCUT2D eigenvalue weighted by molar-refractivity contribution is 7.99. The van der Waals surface area contributed by atoms with E-state index in [1.165, 1.54) is 25.0 Å². The predicted octanol–water partition coefficient (Wildman–Crippen LogP) is 2.68. The minimum absolute atomic E-state index is 0.317. The maximum absolute atomic E-state index is 11.8.